The molecule has 0 radical (unpaired) electrons. The Morgan fingerprint density at radius 1 is 0.806 bits per heavy atom. The normalized spacial score (nSPS) is 11.2. The Bertz CT molecular complexity index is 752. The van der Waals surface area contributed by atoms with Crippen LogP contribution in [0.5, 0.6) is 0 Å². The molecule has 0 fully saturated rings. The van der Waals surface area contributed by atoms with Gasteiger partial charge in [0.15, 0.2) is 0 Å². The number of nitrogens with zero attached hydrogens (tertiary/aromatic N) is 1. The minimum absolute atomic E-state index is 0.140. The predicted octanol–water partition coefficient (Wildman–Crippen LogP) is 7.82. The van der Waals surface area contributed by atoms with E-state index in [4.69, 9.17) is 4.84 Å². The van der Waals surface area contributed by atoms with Gasteiger partial charge in [0.25, 0.3) is 5.91 Å². The summed E-state index contributed by atoms with van der Waals surface area (Å²) in [7, 11) is 0. The molecule has 168 valence electrons. The molecule has 0 heterocycles. The number of carbonyl (C=O) groups excluding carboxylic acids is 1. The molecule has 0 spiro atoms. The smallest absolute Gasteiger partial charge is 0.266 e. The molecule has 0 saturated carbocycles. The van der Waals surface area contributed by atoms with Crippen molar-refractivity contribution < 1.29 is 9.63 Å². The van der Waals surface area contributed by atoms with Gasteiger partial charge < -0.3 is 0 Å². The summed E-state index contributed by atoms with van der Waals surface area (Å²) in [6.45, 7) is 4.79. The lowest BCUT2D eigenvalue weighted by Crippen LogP contribution is -2.26. The maximum Gasteiger partial charge on any atom is 0.281 e. The highest BCUT2D eigenvalue weighted by atomic mass is 16.7. The Labute approximate surface area is 189 Å². The molecule has 0 atom stereocenters. The van der Waals surface area contributed by atoms with Crippen molar-refractivity contribution >= 4 is 12.0 Å². The van der Waals surface area contributed by atoms with Crippen molar-refractivity contribution in [3.63, 3.8) is 0 Å². The van der Waals surface area contributed by atoms with Gasteiger partial charge in [-0.2, -0.15) is 5.06 Å². The number of aryl methyl sites for hydroxylation is 1. The van der Waals surface area contributed by atoms with E-state index in [-0.39, 0.29) is 5.91 Å². The zero-order chi connectivity index (χ0) is 22.2. The number of rotatable bonds is 15. The molecule has 0 aliphatic carbocycles. The first-order valence-corrected chi connectivity index (χ1v) is 12.0. The van der Waals surface area contributed by atoms with Gasteiger partial charge in [-0.25, -0.2) is 0 Å². The highest BCUT2D eigenvalue weighted by Gasteiger charge is 2.14. The molecule has 3 heteroatoms. The first-order valence-electron chi connectivity index (χ1n) is 12.0. The van der Waals surface area contributed by atoms with Crippen LogP contribution in [0.25, 0.3) is 6.08 Å². The molecular formula is C28H39NO2. The van der Waals surface area contributed by atoms with Crippen molar-refractivity contribution in [3.05, 3.63) is 77.5 Å². The lowest BCUT2D eigenvalue weighted by atomic mass is 10.0. The molecule has 3 nitrogen and oxygen atoms in total. The van der Waals surface area contributed by atoms with E-state index in [1.807, 2.05) is 55.5 Å². The summed E-state index contributed by atoms with van der Waals surface area (Å²) in [6.07, 6.45) is 16.2. The van der Waals surface area contributed by atoms with E-state index in [1.165, 1.54) is 62.0 Å². The van der Waals surface area contributed by atoms with E-state index in [1.54, 1.807) is 6.20 Å². The van der Waals surface area contributed by atoms with Gasteiger partial charge in [0.1, 0.15) is 0 Å². The lowest BCUT2D eigenvalue weighted by molar-refractivity contribution is -0.0880. The Kier molecular flexibility index (Phi) is 12.4. The summed E-state index contributed by atoms with van der Waals surface area (Å²) in [4.78, 5) is 18.6. The molecule has 2 rings (SSSR count). The average Bonchev–Trinajstić information content (AvgIpc) is 2.81. The first-order chi connectivity index (χ1) is 15.2. The third-order valence-corrected chi connectivity index (χ3v) is 5.36. The van der Waals surface area contributed by atoms with Gasteiger partial charge in [0.05, 0.1) is 6.61 Å². The van der Waals surface area contributed by atoms with Gasteiger partial charge >= 0.3 is 0 Å². The Morgan fingerprint density at radius 3 is 2.10 bits per heavy atom. The van der Waals surface area contributed by atoms with E-state index < -0.39 is 0 Å². The van der Waals surface area contributed by atoms with Crippen LogP contribution >= 0.6 is 0 Å². The van der Waals surface area contributed by atoms with Gasteiger partial charge in [-0.15, -0.1) is 0 Å². The lowest BCUT2D eigenvalue weighted by Gasteiger charge is -2.18. The van der Waals surface area contributed by atoms with Crippen molar-refractivity contribution in [2.45, 2.75) is 78.1 Å². The fourth-order valence-electron chi connectivity index (χ4n) is 3.48. The SMILES string of the molecule is CCCCCCCCCCc1ccc(C(=O)N(C=Cc2ccccc2)OCCC)cc1. The third-order valence-electron chi connectivity index (χ3n) is 5.36. The van der Waals surface area contributed by atoms with E-state index >= 15 is 0 Å². The summed E-state index contributed by atoms with van der Waals surface area (Å²) >= 11 is 0. The van der Waals surface area contributed by atoms with E-state index in [0.717, 1.165) is 18.4 Å². The van der Waals surface area contributed by atoms with E-state index in [0.29, 0.717) is 12.2 Å². The van der Waals surface area contributed by atoms with Crippen LogP contribution in [0.4, 0.5) is 0 Å². The Balaban J connectivity index is 1.84. The topological polar surface area (TPSA) is 29.5 Å². The largest absolute Gasteiger partial charge is 0.281 e. The standard InChI is InChI=1S/C28H39NO2/c1-3-5-6-7-8-9-10-12-17-26-18-20-27(21-19-26)28(30)29(31-24-4-2)23-22-25-15-13-11-14-16-25/h11,13-16,18-23H,3-10,12,17,24H2,1-2H3. The third kappa shape index (κ3) is 9.97. The number of hydroxylamine groups is 2. The van der Waals surface area contributed by atoms with Crippen LogP contribution in [0.3, 0.4) is 0 Å². The highest BCUT2D eigenvalue weighted by Crippen LogP contribution is 2.14. The fraction of sp³-hybridized carbons (Fsp3) is 0.464. The molecule has 0 bridgehead atoms. The fourth-order valence-corrected chi connectivity index (χ4v) is 3.48. The predicted molar refractivity (Wildman–Crippen MR) is 131 cm³/mol. The summed E-state index contributed by atoms with van der Waals surface area (Å²) in [5.41, 5.74) is 2.97. The monoisotopic (exact) mass is 421 g/mol. The zero-order valence-corrected chi connectivity index (χ0v) is 19.4. The van der Waals surface area contributed by atoms with Gasteiger partial charge in [0.2, 0.25) is 0 Å². The molecule has 2 aromatic carbocycles. The summed E-state index contributed by atoms with van der Waals surface area (Å²) in [6, 6.07) is 17.9. The van der Waals surface area contributed by atoms with Crippen LogP contribution in [0, 0.1) is 0 Å². The molecule has 0 aliphatic heterocycles. The van der Waals surface area contributed by atoms with Crippen molar-refractivity contribution in [3.8, 4) is 0 Å². The summed E-state index contributed by atoms with van der Waals surface area (Å²) in [5, 5.41) is 1.35. The van der Waals surface area contributed by atoms with Crippen molar-refractivity contribution in [1.29, 1.82) is 0 Å². The van der Waals surface area contributed by atoms with E-state index in [9.17, 15) is 4.79 Å². The van der Waals surface area contributed by atoms with Crippen molar-refractivity contribution in [2.24, 2.45) is 0 Å². The minimum atomic E-state index is -0.140. The maximum absolute atomic E-state index is 12.9. The number of unbranched alkanes of at least 4 members (excludes halogenated alkanes) is 7. The minimum Gasteiger partial charge on any atom is -0.266 e. The van der Waals surface area contributed by atoms with Crippen LogP contribution in [-0.4, -0.2) is 17.6 Å². The number of hydrogen-bond donors (Lipinski definition) is 0. The average molecular weight is 422 g/mol. The van der Waals surface area contributed by atoms with Crippen molar-refractivity contribution in [2.75, 3.05) is 6.61 Å². The number of benzene rings is 2. The second-order valence-corrected chi connectivity index (χ2v) is 8.11. The highest BCUT2D eigenvalue weighted by molar-refractivity contribution is 5.94. The van der Waals surface area contributed by atoms with Crippen LogP contribution in [-0.2, 0) is 11.3 Å². The molecule has 1 amide bonds. The van der Waals surface area contributed by atoms with Gasteiger partial charge in [0, 0.05) is 11.8 Å². The second kappa shape index (κ2) is 15.4. The Hall–Kier alpha value is -2.39. The zero-order valence-electron chi connectivity index (χ0n) is 19.4. The molecule has 0 aromatic heterocycles. The molecule has 0 aliphatic rings. The van der Waals surface area contributed by atoms with Gasteiger partial charge in [-0.1, -0.05) is 101 Å². The number of amides is 1. The van der Waals surface area contributed by atoms with Crippen LogP contribution < -0.4 is 0 Å². The van der Waals surface area contributed by atoms with Crippen LogP contribution in [0.2, 0.25) is 0 Å². The second-order valence-electron chi connectivity index (χ2n) is 8.11. The quantitative estimate of drug-likeness (QED) is 0.217. The maximum atomic E-state index is 12.9. The number of hydrogen-bond acceptors (Lipinski definition) is 2. The number of carbonyl (C=O) groups is 1. The van der Waals surface area contributed by atoms with E-state index in [2.05, 4.69) is 19.1 Å². The van der Waals surface area contributed by atoms with Gasteiger partial charge in [-0.05, 0) is 48.6 Å². The van der Waals surface area contributed by atoms with Crippen molar-refractivity contribution in [1.82, 2.24) is 5.06 Å². The molecule has 0 unspecified atom stereocenters. The molecule has 0 N–H and O–H groups in total. The summed E-state index contributed by atoms with van der Waals surface area (Å²) in [5.74, 6) is -0.140. The molecule has 2 aromatic rings. The molecule has 0 saturated heterocycles. The Morgan fingerprint density at radius 2 is 1.45 bits per heavy atom. The van der Waals surface area contributed by atoms with Crippen LogP contribution in [0.1, 0.15) is 93.1 Å². The van der Waals surface area contributed by atoms with Crippen LogP contribution in [0.15, 0.2) is 60.8 Å². The first kappa shape index (κ1) is 24.9. The molecular weight excluding hydrogens is 382 g/mol. The van der Waals surface area contributed by atoms with Gasteiger partial charge in [-0.3, -0.25) is 9.63 Å². The molecule has 31 heavy (non-hydrogen) atoms. The summed E-state index contributed by atoms with van der Waals surface area (Å²) < 4.78 is 0.